The number of benzene rings is 1. The van der Waals surface area contributed by atoms with E-state index in [1.807, 2.05) is 13.0 Å². The van der Waals surface area contributed by atoms with Gasteiger partial charge in [0.1, 0.15) is 17.1 Å². The monoisotopic (exact) mass is 473 g/mol. The molecule has 1 aromatic carbocycles. The molecule has 1 fully saturated rings. The van der Waals surface area contributed by atoms with Crippen LogP contribution < -0.4 is 15.5 Å². The van der Waals surface area contributed by atoms with Gasteiger partial charge in [-0.15, -0.1) is 0 Å². The Bertz CT molecular complexity index is 1090. The van der Waals surface area contributed by atoms with Crippen molar-refractivity contribution in [1.82, 2.24) is 15.3 Å². The van der Waals surface area contributed by atoms with Gasteiger partial charge in [-0.25, -0.2) is 18.7 Å². The molecule has 0 aliphatic carbocycles. The van der Waals surface area contributed by atoms with E-state index in [0.29, 0.717) is 37.8 Å². The SMILES string of the molecule is COC.Cc1cnc(Nc2cc(F)c(N3CCOCC3)c(F)c2)nc1-c1cc2c(o1)CCNC2. The highest BCUT2D eigenvalue weighted by atomic mass is 19.1. The van der Waals surface area contributed by atoms with Gasteiger partial charge in [0.05, 0.1) is 13.2 Å². The summed E-state index contributed by atoms with van der Waals surface area (Å²) in [6.07, 6.45) is 2.50. The maximum Gasteiger partial charge on any atom is 0.227 e. The van der Waals surface area contributed by atoms with Crippen molar-refractivity contribution >= 4 is 17.3 Å². The third-order valence-corrected chi connectivity index (χ3v) is 5.55. The lowest BCUT2D eigenvalue weighted by Gasteiger charge is -2.29. The predicted octanol–water partition coefficient (Wildman–Crippen LogP) is 3.81. The van der Waals surface area contributed by atoms with E-state index in [-0.39, 0.29) is 17.3 Å². The van der Waals surface area contributed by atoms with Crippen LogP contribution >= 0.6 is 0 Å². The van der Waals surface area contributed by atoms with E-state index in [1.54, 1.807) is 25.3 Å². The van der Waals surface area contributed by atoms with Gasteiger partial charge in [0.2, 0.25) is 5.95 Å². The topological polar surface area (TPSA) is 84.7 Å². The number of aromatic nitrogens is 2. The lowest BCUT2D eigenvalue weighted by atomic mass is 10.1. The van der Waals surface area contributed by atoms with E-state index in [4.69, 9.17) is 9.15 Å². The van der Waals surface area contributed by atoms with Crippen LogP contribution in [0.2, 0.25) is 0 Å². The number of methoxy groups -OCH3 is 1. The molecular formula is C24H29F2N5O3. The van der Waals surface area contributed by atoms with Gasteiger partial charge in [0, 0.05) is 64.3 Å². The standard InChI is InChI=1S/C22H23F2N5O2.C2H6O/c1-13-11-26-22(28-20(13)19-8-14-12-25-3-2-18(14)31-19)27-15-9-16(23)21(17(24)10-15)29-4-6-30-7-5-29;1-3-2/h8-11,25H,2-7,12H2,1H3,(H,26,27,28);1-2H3. The summed E-state index contributed by atoms with van der Waals surface area (Å²) >= 11 is 0. The number of halogens is 2. The molecule has 0 atom stereocenters. The molecule has 1 saturated heterocycles. The van der Waals surface area contributed by atoms with Crippen LogP contribution in [0.4, 0.5) is 26.1 Å². The van der Waals surface area contributed by atoms with Crippen molar-refractivity contribution in [3.8, 4) is 11.5 Å². The Morgan fingerprint density at radius 3 is 2.50 bits per heavy atom. The maximum atomic E-state index is 14.7. The average Bonchev–Trinajstić information content (AvgIpc) is 3.25. The Kier molecular flexibility index (Phi) is 7.71. The zero-order valence-electron chi connectivity index (χ0n) is 19.6. The molecule has 8 nitrogen and oxygen atoms in total. The summed E-state index contributed by atoms with van der Waals surface area (Å²) in [7, 11) is 3.25. The molecule has 0 bridgehead atoms. The van der Waals surface area contributed by atoms with E-state index in [0.717, 1.165) is 36.4 Å². The van der Waals surface area contributed by atoms with Gasteiger partial charge in [0.25, 0.3) is 0 Å². The Balaban J connectivity index is 0.000000868. The molecule has 0 spiro atoms. The van der Waals surface area contributed by atoms with E-state index < -0.39 is 11.6 Å². The third-order valence-electron chi connectivity index (χ3n) is 5.55. The molecule has 3 aromatic rings. The van der Waals surface area contributed by atoms with E-state index in [9.17, 15) is 8.78 Å². The minimum Gasteiger partial charge on any atom is -0.459 e. The quantitative estimate of drug-likeness (QED) is 0.592. The summed E-state index contributed by atoms with van der Waals surface area (Å²) in [4.78, 5) is 10.5. The number of rotatable bonds is 4. The first-order valence-corrected chi connectivity index (χ1v) is 11.2. The largest absolute Gasteiger partial charge is 0.459 e. The Morgan fingerprint density at radius 1 is 1.12 bits per heavy atom. The fraction of sp³-hybridized carbons (Fsp3) is 0.417. The van der Waals surface area contributed by atoms with Crippen LogP contribution in [0.1, 0.15) is 16.9 Å². The van der Waals surface area contributed by atoms with E-state index in [2.05, 4.69) is 25.3 Å². The molecule has 182 valence electrons. The smallest absolute Gasteiger partial charge is 0.227 e. The van der Waals surface area contributed by atoms with Crippen LogP contribution in [0.5, 0.6) is 0 Å². The summed E-state index contributed by atoms with van der Waals surface area (Å²) in [5.74, 6) is 0.595. The summed E-state index contributed by atoms with van der Waals surface area (Å²) in [5, 5.41) is 6.23. The Hall–Kier alpha value is -3.08. The van der Waals surface area contributed by atoms with Crippen LogP contribution in [0.25, 0.3) is 11.5 Å². The summed E-state index contributed by atoms with van der Waals surface area (Å²) in [6, 6.07) is 4.50. The molecule has 0 unspecified atom stereocenters. The lowest BCUT2D eigenvalue weighted by Crippen LogP contribution is -2.37. The second kappa shape index (κ2) is 10.9. The van der Waals surface area contributed by atoms with Gasteiger partial charge in [-0.1, -0.05) is 0 Å². The molecule has 10 heteroatoms. The fourth-order valence-corrected chi connectivity index (χ4v) is 3.98. The average molecular weight is 474 g/mol. The molecule has 2 aliphatic rings. The zero-order chi connectivity index (χ0) is 24.1. The van der Waals surface area contributed by atoms with Crippen molar-refractivity contribution in [2.24, 2.45) is 0 Å². The molecule has 4 heterocycles. The molecule has 0 radical (unpaired) electrons. The number of anilines is 3. The van der Waals surface area contributed by atoms with E-state index >= 15 is 0 Å². The van der Waals surface area contributed by atoms with Crippen molar-refractivity contribution in [2.75, 3.05) is 57.3 Å². The molecule has 2 N–H and O–H groups in total. The fourth-order valence-electron chi connectivity index (χ4n) is 3.98. The summed E-state index contributed by atoms with van der Waals surface area (Å²) in [6.45, 7) is 5.35. The Labute approximate surface area is 197 Å². The first kappa shape index (κ1) is 24.1. The summed E-state index contributed by atoms with van der Waals surface area (Å²) < 4.78 is 44.9. The third kappa shape index (κ3) is 5.35. The van der Waals surface area contributed by atoms with Gasteiger partial charge in [-0.2, -0.15) is 0 Å². The minimum absolute atomic E-state index is 0.0332. The van der Waals surface area contributed by atoms with Gasteiger partial charge < -0.3 is 29.4 Å². The summed E-state index contributed by atoms with van der Waals surface area (Å²) in [5.41, 5.74) is 2.83. The number of ether oxygens (including phenoxy) is 2. The maximum absolute atomic E-state index is 14.7. The van der Waals surface area contributed by atoms with Gasteiger partial charge in [-0.3, -0.25) is 0 Å². The van der Waals surface area contributed by atoms with Gasteiger partial charge in [0.15, 0.2) is 17.4 Å². The van der Waals surface area contributed by atoms with Crippen molar-refractivity contribution in [3.05, 3.63) is 52.9 Å². The molecule has 5 rings (SSSR count). The van der Waals surface area contributed by atoms with Crippen molar-refractivity contribution in [2.45, 2.75) is 19.9 Å². The van der Waals surface area contributed by atoms with Crippen LogP contribution in [0.15, 0.2) is 28.8 Å². The first-order valence-electron chi connectivity index (χ1n) is 11.2. The normalized spacial score (nSPS) is 15.4. The van der Waals surface area contributed by atoms with Crippen molar-refractivity contribution in [3.63, 3.8) is 0 Å². The lowest BCUT2D eigenvalue weighted by molar-refractivity contribution is 0.122. The molecule has 34 heavy (non-hydrogen) atoms. The molecule has 0 amide bonds. The number of furan rings is 1. The molecule has 2 aromatic heterocycles. The van der Waals surface area contributed by atoms with Crippen LogP contribution in [-0.2, 0) is 22.4 Å². The molecule has 0 saturated carbocycles. The van der Waals surface area contributed by atoms with Crippen molar-refractivity contribution in [1.29, 1.82) is 0 Å². The minimum atomic E-state index is -0.636. The number of aryl methyl sites for hydroxylation is 1. The number of hydrogen-bond acceptors (Lipinski definition) is 8. The highest BCUT2D eigenvalue weighted by Gasteiger charge is 2.21. The Morgan fingerprint density at radius 2 is 1.82 bits per heavy atom. The second-order valence-corrected chi connectivity index (χ2v) is 8.13. The number of fused-ring (bicyclic) bond motifs is 1. The predicted molar refractivity (Wildman–Crippen MR) is 125 cm³/mol. The van der Waals surface area contributed by atoms with Crippen molar-refractivity contribution < 1.29 is 22.7 Å². The molecule has 2 aliphatic heterocycles. The molecular weight excluding hydrogens is 444 g/mol. The van der Waals surface area contributed by atoms with Crippen LogP contribution in [-0.4, -0.2) is 57.0 Å². The highest BCUT2D eigenvalue weighted by molar-refractivity contribution is 5.64. The number of morpholine rings is 1. The second-order valence-electron chi connectivity index (χ2n) is 8.13. The van der Waals surface area contributed by atoms with E-state index in [1.165, 1.54) is 12.1 Å². The van der Waals surface area contributed by atoms with Crippen LogP contribution in [0, 0.1) is 18.6 Å². The first-order chi connectivity index (χ1) is 16.5. The zero-order valence-corrected chi connectivity index (χ0v) is 19.6. The van der Waals surface area contributed by atoms with Gasteiger partial charge >= 0.3 is 0 Å². The number of nitrogens with one attached hydrogen (secondary N) is 2. The van der Waals surface area contributed by atoms with Gasteiger partial charge in [-0.05, 0) is 30.7 Å². The highest BCUT2D eigenvalue weighted by Crippen LogP contribution is 2.31. The number of hydrogen-bond donors (Lipinski definition) is 2. The number of nitrogens with zero attached hydrogens (tertiary/aromatic N) is 3. The van der Waals surface area contributed by atoms with Crippen LogP contribution in [0.3, 0.4) is 0 Å².